The number of hydrogen-bond acceptors (Lipinski definition) is 5. The van der Waals surface area contributed by atoms with Crippen LogP contribution in [0, 0.1) is 10.1 Å². The second kappa shape index (κ2) is 6.57. The van der Waals surface area contributed by atoms with Gasteiger partial charge in [0.25, 0.3) is 11.6 Å². The molecule has 0 atom stereocenters. The van der Waals surface area contributed by atoms with Gasteiger partial charge in [0.05, 0.1) is 19.1 Å². The SMILES string of the molecule is COc1cc(OC)cc(C(=O)Nc2cccc([N+](=O)[O-])c2)c1. The van der Waals surface area contributed by atoms with E-state index in [9.17, 15) is 14.9 Å². The number of amides is 1. The van der Waals surface area contributed by atoms with Gasteiger partial charge in [0.1, 0.15) is 11.5 Å². The van der Waals surface area contributed by atoms with E-state index in [0.717, 1.165) is 0 Å². The third-order valence-electron chi connectivity index (χ3n) is 2.93. The van der Waals surface area contributed by atoms with Gasteiger partial charge in [-0.15, -0.1) is 0 Å². The number of non-ortho nitro benzene ring substituents is 1. The van der Waals surface area contributed by atoms with Crippen LogP contribution >= 0.6 is 0 Å². The van der Waals surface area contributed by atoms with Gasteiger partial charge in [-0.25, -0.2) is 0 Å². The zero-order chi connectivity index (χ0) is 16.1. The molecule has 0 radical (unpaired) electrons. The van der Waals surface area contributed by atoms with Gasteiger partial charge in [-0.2, -0.15) is 0 Å². The van der Waals surface area contributed by atoms with E-state index in [0.29, 0.717) is 22.7 Å². The molecule has 0 saturated heterocycles. The molecule has 1 amide bonds. The third kappa shape index (κ3) is 3.51. The lowest BCUT2D eigenvalue weighted by Gasteiger charge is -2.09. The summed E-state index contributed by atoms with van der Waals surface area (Å²) in [5.41, 5.74) is 0.560. The van der Waals surface area contributed by atoms with Crippen LogP contribution < -0.4 is 14.8 Å². The monoisotopic (exact) mass is 302 g/mol. The van der Waals surface area contributed by atoms with Crippen molar-refractivity contribution in [3.05, 3.63) is 58.1 Å². The number of benzene rings is 2. The summed E-state index contributed by atoms with van der Waals surface area (Å²) in [4.78, 5) is 22.5. The first kappa shape index (κ1) is 15.3. The van der Waals surface area contributed by atoms with Crippen LogP contribution in [0.4, 0.5) is 11.4 Å². The standard InChI is InChI=1S/C15H14N2O5/c1-21-13-6-10(7-14(9-13)22-2)15(18)16-11-4-3-5-12(8-11)17(19)20/h3-9H,1-2H3,(H,16,18). The second-order valence-corrected chi connectivity index (χ2v) is 4.36. The number of nitro groups is 1. The van der Waals surface area contributed by atoms with Crippen LogP contribution in [-0.2, 0) is 0 Å². The fourth-order valence-electron chi connectivity index (χ4n) is 1.84. The minimum atomic E-state index is -0.524. The van der Waals surface area contributed by atoms with E-state index < -0.39 is 10.8 Å². The van der Waals surface area contributed by atoms with E-state index >= 15 is 0 Å². The molecule has 0 saturated carbocycles. The lowest BCUT2D eigenvalue weighted by Crippen LogP contribution is -2.12. The fourth-order valence-corrected chi connectivity index (χ4v) is 1.84. The molecule has 0 aliphatic heterocycles. The summed E-state index contributed by atoms with van der Waals surface area (Å²) < 4.78 is 10.2. The minimum Gasteiger partial charge on any atom is -0.497 e. The number of anilines is 1. The van der Waals surface area contributed by atoms with Crippen molar-refractivity contribution >= 4 is 17.3 Å². The summed E-state index contributed by atoms with van der Waals surface area (Å²) in [7, 11) is 2.97. The number of ether oxygens (including phenoxy) is 2. The molecule has 22 heavy (non-hydrogen) atoms. The third-order valence-corrected chi connectivity index (χ3v) is 2.93. The smallest absolute Gasteiger partial charge is 0.271 e. The van der Waals surface area contributed by atoms with Crippen molar-refractivity contribution in [2.45, 2.75) is 0 Å². The number of rotatable bonds is 5. The molecule has 7 heteroatoms. The number of nitrogens with zero attached hydrogens (tertiary/aromatic N) is 1. The van der Waals surface area contributed by atoms with Gasteiger partial charge in [-0.1, -0.05) is 6.07 Å². The van der Waals surface area contributed by atoms with Crippen LogP contribution in [0.25, 0.3) is 0 Å². The number of carbonyl (C=O) groups is 1. The Balaban J connectivity index is 2.25. The predicted molar refractivity (Wildman–Crippen MR) is 80.6 cm³/mol. The number of methoxy groups -OCH3 is 2. The molecule has 1 N–H and O–H groups in total. The number of carbonyl (C=O) groups excluding carboxylic acids is 1. The number of nitrogens with one attached hydrogen (secondary N) is 1. The van der Waals surface area contributed by atoms with E-state index in [1.165, 1.54) is 32.4 Å². The molecule has 0 spiro atoms. The molecule has 0 fully saturated rings. The summed E-state index contributed by atoms with van der Waals surface area (Å²) in [5.74, 6) is 0.532. The molecule has 0 heterocycles. The molecular weight excluding hydrogens is 288 g/mol. The average Bonchev–Trinajstić information content (AvgIpc) is 2.54. The van der Waals surface area contributed by atoms with Gasteiger partial charge in [0, 0.05) is 29.4 Å². The summed E-state index contributed by atoms with van der Waals surface area (Å²) in [6.45, 7) is 0. The zero-order valence-electron chi connectivity index (χ0n) is 12.0. The van der Waals surface area contributed by atoms with Crippen molar-refractivity contribution in [3.63, 3.8) is 0 Å². The maximum atomic E-state index is 12.2. The maximum absolute atomic E-state index is 12.2. The Bertz CT molecular complexity index is 693. The normalized spacial score (nSPS) is 9.91. The van der Waals surface area contributed by atoms with Crippen LogP contribution in [0.2, 0.25) is 0 Å². The Hall–Kier alpha value is -3.09. The summed E-state index contributed by atoms with van der Waals surface area (Å²) >= 11 is 0. The van der Waals surface area contributed by atoms with Crippen molar-refractivity contribution in [1.29, 1.82) is 0 Å². The lowest BCUT2D eigenvalue weighted by molar-refractivity contribution is -0.384. The van der Waals surface area contributed by atoms with E-state index in [1.807, 2.05) is 0 Å². The highest BCUT2D eigenvalue weighted by molar-refractivity contribution is 6.04. The number of nitro benzene ring substituents is 1. The Morgan fingerprint density at radius 2 is 1.73 bits per heavy atom. The quantitative estimate of drug-likeness (QED) is 0.677. The van der Waals surface area contributed by atoms with E-state index in [2.05, 4.69) is 5.32 Å². The molecule has 0 aromatic heterocycles. The van der Waals surface area contributed by atoms with Crippen LogP contribution in [-0.4, -0.2) is 25.1 Å². The molecule has 2 aromatic rings. The molecule has 0 aliphatic rings. The molecule has 2 rings (SSSR count). The summed E-state index contributed by atoms with van der Waals surface area (Å²) in [6, 6.07) is 10.5. The van der Waals surface area contributed by atoms with Gasteiger partial charge in [0.2, 0.25) is 0 Å². The van der Waals surface area contributed by atoms with Crippen molar-refractivity contribution in [2.75, 3.05) is 19.5 Å². The molecule has 0 bridgehead atoms. The lowest BCUT2D eigenvalue weighted by atomic mass is 10.1. The van der Waals surface area contributed by atoms with Crippen molar-refractivity contribution in [2.24, 2.45) is 0 Å². The molecule has 114 valence electrons. The van der Waals surface area contributed by atoms with E-state index in [1.54, 1.807) is 24.3 Å². The first-order valence-corrected chi connectivity index (χ1v) is 6.32. The Morgan fingerprint density at radius 3 is 2.27 bits per heavy atom. The van der Waals surface area contributed by atoms with Crippen molar-refractivity contribution < 1.29 is 19.2 Å². The van der Waals surface area contributed by atoms with Gasteiger partial charge in [-0.05, 0) is 18.2 Å². The summed E-state index contributed by atoms with van der Waals surface area (Å²) in [6.07, 6.45) is 0. The van der Waals surface area contributed by atoms with Crippen LogP contribution in [0.15, 0.2) is 42.5 Å². The second-order valence-electron chi connectivity index (χ2n) is 4.36. The van der Waals surface area contributed by atoms with Gasteiger partial charge >= 0.3 is 0 Å². The Kier molecular flexibility index (Phi) is 4.57. The maximum Gasteiger partial charge on any atom is 0.271 e. The minimum absolute atomic E-state index is 0.0963. The van der Waals surface area contributed by atoms with Gasteiger partial charge < -0.3 is 14.8 Å². The molecule has 7 nitrogen and oxygen atoms in total. The first-order valence-electron chi connectivity index (χ1n) is 6.32. The van der Waals surface area contributed by atoms with Crippen LogP contribution in [0.1, 0.15) is 10.4 Å². The molecular formula is C15H14N2O5. The Morgan fingerprint density at radius 1 is 1.09 bits per heavy atom. The first-order chi connectivity index (χ1) is 10.5. The van der Waals surface area contributed by atoms with Crippen molar-refractivity contribution in [1.82, 2.24) is 0 Å². The highest BCUT2D eigenvalue weighted by Crippen LogP contribution is 2.24. The highest BCUT2D eigenvalue weighted by atomic mass is 16.6. The molecule has 2 aromatic carbocycles. The topological polar surface area (TPSA) is 90.7 Å². The van der Waals surface area contributed by atoms with Gasteiger partial charge in [0.15, 0.2) is 0 Å². The zero-order valence-corrected chi connectivity index (χ0v) is 12.0. The highest BCUT2D eigenvalue weighted by Gasteiger charge is 2.12. The summed E-state index contributed by atoms with van der Waals surface area (Å²) in [5, 5.41) is 13.3. The van der Waals surface area contributed by atoms with E-state index in [-0.39, 0.29) is 5.69 Å². The van der Waals surface area contributed by atoms with Crippen LogP contribution in [0.3, 0.4) is 0 Å². The van der Waals surface area contributed by atoms with Crippen LogP contribution in [0.5, 0.6) is 11.5 Å². The fraction of sp³-hybridized carbons (Fsp3) is 0.133. The average molecular weight is 302 g/mol. The Labute approximate surface area is 126 Å². The largest absolute Gasteiger partial charge is 0.497 e. The van der Waals surface area contributed by atoms with Crippen molar-refractivity contribution in [3.8, 4) is 11.5 Å². The van der Waals surface area contributed by atoms with E-state index in [4.69, 9.17) is 9.47 Å². The predicted octanol–water partition coefficient (Wildman–Crippen LogP) is 2.86. The number of hydrogen-bond donors (Lipinski definition) is 1. The molecule has 0 unspecified atom stereocenters. The molecule has 0 aliphatic carbocycles. The van der Waals surface area contributed by atoms with Gasteiger partial charge in [-0.3, -0.25) is 14.9 Å².